The minimum Gasteiger partial charge on any atom is -0.326 e. The third-order valence-corrected chi connectivity index (χ3v) is 6.28. The van der Waals surface area contributed by atoms with Crippen molar-refractivity contribution in [1.29, 1.82) is 0 Å². The number of hydrogen-bond acceptors (Lipinski definition) is 5. The Morgan fingerprint density at radius 3 is 3.14 bits per heavy atom. The van der Waals surface area contributed by atoms with Crippen molar-refractivity contribution >= 4 is 21.4 Å². The topological polar surface area (TPSA) is 101 Å². The van der Waals surface area contributed by atoms with E-state index < -0.39 is 10.0 Å². The van der Waals surface area contributed by atoms with Gasteiger partial charge in [0.05, 0.1) is 0 Å². The van der Waals surface area contributed by atoms with E-state index in [0.717, 1.165) is 24.8 Å². The molecule has 114 valence electrons. The van der Waals surface area contributed by atoms with Crippen LogP contribution in [-0.2, 0) is 23.0 Å². The summed E-state index contributed by atoms with van der Waals surface area (Å²) in [5, 5.41) is 8.65. The summed E-state index contributed by atoms with van der Waals surface area (Å²) >= 11 is 1.69. The lowest BCUT2D eigenvalue weighted by atomic mass is 9.95. The van der Waals surface area contributed by atoms with Crippen LogP contribution in [0.5, 0.6) is 0 Å². The van der Waals surface area contributed by atoms with Gasteiger partial charge in [-0.3, -0.25) is 5.10 Å². The van der Waals surface area contributed by atoms with Gasteiger partial charge in [-0.2, -0.15) is 5.10 Å². The summed E-state index contributed by atoms with van der Waals surface area (Å²) in [6.45, 7) is 1.92. The molecule has 1 aliphatic rings. The molecule has 2 aromatic rings. The first kappa shape index (κ1) is 14.7. The normalized spacial score (nSPS) is 18.7. The van der Waals surface area contributed by atoms with E-state index in [1.807, 2.05) is 11.4 Å². The zero-order valence-electron chi connectivity index (χ0n) is 11.7. The molecule has 0 fully saturated rings. The number of fused-ring (bicyclic) bond motifs is 1. The molecular weight excluding hydrogens is 308 g/mol. The Bertz CT molecular complexity index is 748. The highest BCUT2D eigenvalue weighted by molar-refractivity contribution is 7.89. The lowest BCUT2D eigenvalue weighted by Crippen LogP contribution is -2.31. The van der Waals surface area contributed by atoms with E-state index in [1.54, 1.807) is 18.3 Å². The number of rotatable bonds is 4. The van der Waals surface area contributed by atoms with Gasteiger partial charge in [0, 0.05) is 28.7 Å². The Balaban J connectivity index is 1.91. The average Bonchev–Trinajstić information content (AvgIpc) is 3.05. The number of H-pyrrole nitrogens is 1. The average molecular weight is 326 g/mol. The smallest absolute Gasteiger partial charge is 0.260 e. The quantitative estimate of drug-likeness (QED) is 0.794. The Morgan fingerprint density at radius 1 is 1.57 bits per heavy atom. The summed E-state index contributed by atoms with van der Waals surface area (Å²) in [6, 6.07) is 1.83. The fourth-order valence-corrected chi connectivity index (χ4v) is 5.19. The van der Waals surface area contributed by atoms with Crippen LogP contribution in [0.4, 0.5) is 0 Å². The molecule has 6 nitrogen and oxygen atoms in total. The molecule has 0 aliphatic heterocycles. The summed E-state index contributed by atoms with van der Waals surface area (Å²) in [6.07, 6.45) is 2.83. The second-order valence-corrected chi connectivity index (χ2v) is 7.83. The fraction of sp³-hybridized carbons (Fsp3) is 0.462. The molecule has 0 radical (unpaired) electrons. The number of hydrogen-bond donors (Lipinski definition) is 3. The van der Waals surface area contributed by atoms with Gasteiger partial charge in [0.15, 0.2) is 5.03 Å². The van der Waals surface area contributed by atoms with E-state index in [0.29, 0.717) is 11.3 Å². The molecule has 0 saturated carbocycles. The van der Waals surface area contributed by atoms with Crippen molar-refractivity contribution in [3.8, 4) is 0 Å². The Kier molecular flexibility index (Phi) is 3.87. The van der Waals surface area contributed by atoms with E-state index in [2.05, 4.69) is 14.9 Å². The van der Waals surface area contributed by atoms with E-state index >= 15 is 0 Å². The third kappa shape index (κ3) is 2.64. The molecule has 0 amide bonds. The van der Waals surface area contributed by atoms with E-state index in [4.69, 9.17) is 5.73 Å². The van der Waals surface area contributed by atoms with Gasteiger partial charge >= 0.3 is 0 Å². The number of aryl methyl sites for hydroxylation is 2. The van der Waals surface area contributed by atoms with Gasteiger partial charge in [0.2, 0.25) is 0 Å². The minimum atomic E-state index is -3.67. The molecule has 1 unspecified atom stereocenters. The molecule has 0 aromatic carbocycles. The van der Waals surface area contributed by atoms with Crippen molar-refractivity contribution < 1.29 is 8.42 Å². The molecule has 0 saturated heterocycles. The zero-order chi connectivity index (χ0) is 15.0. The second kappa shape index (κ2) is 5.53. The molecule has 2 heterocycles. The van der Waals surface area contributed by atoms with Gasteiger partial charge in [-0.25, -0.2) is 13.1 Å². The van der Waals surface area contributed by atoms with Crippen LogP contribution in [-0.4, -0.2) is 18.6 Å². The SMILES string of the molecule is Cc1[nH]nc(S(=O)(=O)NC2CCCc3sccc32)c1CN. The summed E-state index contributed by atoms with van der Waals surface area (Å²) in [4.78, 5) is 1.27. The van der Waals surface area contributed by atoms with Crippen molar-refractivity contribution in [3.05, 3.63) is 33.1 Å². The van der Waals surface area contributed by atoms with Gasteiger partial charge in [0.25, 0.3) is 10.0 Å². The molecule has 0 spiro atoms. The van der Waals surface area contributed by atoms with Crippen LogP contribution in [0.1, 0.15) is 40.6 Å². The maximum Gasteiger partial charge on any atom is 0.260 e. The fourth-order valence-electron chi connectivity index (χ4n) is 2.74. The van der Waals surface area contributed by atoms with E-state index in [1.165, 1.54) is 4.88 Å². The first-order valence-electron chi connectivity index (χ1n) is 6.85. The molecule has 21 heavy (non-hydrogen) atoms. The number of sulfonamides is 1. The Labute approximate surface area is 127 Å². The number of aromatic amines is 1. The van der Waals surface area contributed by atoms with Crippen LogP contribution in [0.2, 0.25) is 0 Å². The minimum absolute atomic E-state index is 0.0184. The molecule has 3 rings (SSSR count). The predicted molar refractivity (Wildman–Crippen MR) is 81.5 cm³/mol. The maximum atomic E-state index is 12.6. The first-order valence-corrected chi connectivity index (χ1v) is 9.21. The molecule has 8 heteroatoms. The van der Waals surface area contributed by atoms with E-state index in [-0.39, 0.29) is 17.6 Å². The highest BCUT2D eigenvalue weighted by Crippen LogP contribution is 2.34. The van der Waals surface area contributed by atoms with Crippen molar-refractivity contribution in [2.75, 3.05) is 0 Å². The van der Waals surface area contributed by atoms with Crippen molar-refractivity contribution in [1.82, 2.24) is 14.9 Å². The Hall–Kier alpha value is -1.22. The van der Waals surface area contributed by atoms with Gasteiger partial charge in [-0.15, -0.1) is 11.3 Å². The number of thiophene rings is 1. The van der Waals surface area contributed by atoms with Gasteiger partial charge in [-0.05, 0) is 43.2 Å². The first-order chi connectivity index (χ1) is 10.0. The van der Waals surface area contributed by atoms with Crippen LogP contribution in [0.25, 0.3) is 0 Å². The number of nitrogens with two attached hydrogens (primary N) is 1. The highest BCUT2D eigenvalue weighted by Gasteiger charge is 2.29. The van der Waals surface area contributed by atoms with Crippen LogP contribution in [0, 0.1) is 6.92 Å². The monoisotopic (exact) mass is 326 g/mol. The summed E-state index contributed by atoms with van der Waals surface area (Å²) in [5.74, 6) is 0. The van der Waals surface area contributed by atoms with Crippen LogP contribution < -0.4 is 10.5 Å². The van der Waals surface area contributed by atoms with Crippen molar-refractivity contribution in [2.45, 2.75) is 43.8 Å². The van der Waals surface area contributed by atoms with Crippen LogP contribution in [0.15, 0.2) is 16.5 Å². The standard InChI is InChI=1S/C13H18N4O2S2/c1-8-10(7-14)13(16-15-8)21(18,19)17-11-3-2-4-12-9(11)5-6-20-12/h5-6,11,17H,2-4,7,14H2,1H3,(H,15,16). The Morgan fingerprint density at radius 2 is 2.38 bits per heavy atom. The molecule has 1 aliphatic carbocycles. The maximum absolute atomic E-state index is 12.6. The van der Waals surface area contributed by atoms with Crippen LogP contribution in [0.3, 0.4) is 0 Å². The molecular formula is C13H18N4O2S2. The van der Waals surface area contributed by atoms with Crippen LogP contribution >= 0.6 is 11.3 Å². The molecule has 4 N–H and O–H groups in total. The molecule has 1 atom stereocenters. The molecule has 0 bridgehead atoms. The second-order valence-electron chi connectivity index (χ2n) is 5.20. The lowest BCUT2D eigenvalue weighted by molar-refractivity contribution is 0.508. The van der Waals surface area contributed by atoms with Crippen molar-refractivity contribution in [3.63, 3.8) is 0 Å². The summed E-state index contributed by atoms with van der Waals surface area (Å²) in [5.41, 5.74) is 7.97. The third-order valence-electron chi connectivity index (χ3n) is 3.84. The largest absolute Gasteiger partial charge is 0.326 e. The number of nitrogens with zero attached hydrogens (tertiary/aromatic N) is 1. The molecule has 2 aromatic heterocycles. The van der Waals surface area contributed by atoms with Gasteiger partial charge < -0.3 is 5.73 Å². The predicted octanol–water partition coefficient (Wildman–Crippen LogP) is 1.59. The zero-order valence-corrected chi connectivity index (χ0v) is 13.4. The van der Waals surface area contributed by atoms with Gasteiger partial charge in [0.1, 0.15) is 0 Å². The number of aromatic nitrogens is 2. The van der Waals surface area contributed by atoms with Gasteiger partial charge in [-0.1, -0.05) is 0 Å². The number of nitrogens with one attached hydrogen (secondary N) is 2. The van der Waals surface area contributed by atoms with Crippen molar-refractivity contribution in [2.24, 2.45) is 5.73 Å². The summed E-state index contributed by atoms with van der Waals surface area (Å²) in [7, 11) is -3.67. The van der Waals surface area contributed by atoms with E-state index in [9.17, 15) is 8.42 Å². The summed E-state index contributed by atoms with van der Waals surface area (Å²) < 4.78 is 27.9. The highest BCUT2D eigenvalue weighted by atomic mass is 32.2. The lowest BCUT2D eigenvalue weighted by Gasteiger charge is -2.23.